The Morgan fingerprint density at radius 1 is 1.52 bits per heavy atom. The zero-order chi connectivity index (χ0) is 16.2. The standard InChI is InChI=1S/C14H16FNO4S/c1-4-6-10(5-2)16-21(19,20)11-7-9(3)13(15)12(8-11)14(17)18/h2,7-8,10,16H,4,6H2,1,3H3,(H,17,18). The molecule has 114 valence electrons. The lowest BCUT2D eigenvalue weighted by Crippen LogP contribution is -2.33. The molecule has 0 saturated carbocycles. The van der Waals surface area contributed by atoms with E-state index in [4.69, 9.17) is 11.5 Å². The number of aromatic carboxylic acids is 1. The number of aryl methyl sites for hydroxylation is 1. The lowest BCUT2D eigenvalue weighted by molar-refractivity contribution is 0.0691. The Balaban J connectivity index is 3.27. The summed E-state index contributed by atoms with van der Waals surface area (Å²) >= 11 is 0. The summed E-state index contributed by atoms with van der Waals surface area (Å²) in [7, 11) is -4.01. The third kappa shape index (κ3) is 4.03. The number of benzene rings is 1. The molecule has 0 spiro atoms. The molecule has 0 amide bonds. The minimum Gasteiger partial charge on any atom is -0.478 e. The Bertz CT molecular complexity index is 692. The van der Waals surface area contributed by atoms with E-state index < -0.39 is 33.4 Å². The summed E-state index contributed by atoms with van der Waals surface area (Å²) in [6.45, 7) is 3.15. The molecule has 0 bridgehead atoms. The van der Waals surface area contributed by atoms with Gasteiger partial charge in [-0.15, -0.1) is 6.42 Å². The molecule has 5 nitrogen and oxygen atoms in total. The molecule has 0 heterocycles. The number of nitrogens with one attached hydrogen (secondary N) is 1. The molecular weight excluding hydrogens is 297 g/mol. The Labute approximate surface area is 123 Å². The average Bonchev–Trinajstić information content (AvgIpc) is 2.40. The summed E-state index contributed by atoms with van der Waals surface area (Å²) < 4.78 is 40.3. The molecule has 0 aliphatic heterocycles. The first kappa shape index (κ1) is 17.1. The van der Waals surface area contributed by atoms with Crippen LogP contribution in [0.1, 0.15) is 35.7 Å². The SMILES string of the molecule is C#CC(CCC)NS(=O)(=O)c1cc(C)c(F)c(C(=O)O)c1. The molecule has 1 aromatic rings. The Kier molecular flexibility index (Phi) is 5.47. The summed E-state index contributed by atoms with van der Waals surface area (Å²) in [6, 6.07) is 1.16. The number of halogens is 1. The summed E-state index contributed by atoms with van der Waals surface area (Å²) in [4.78, 5) is 10.6. The highest BCUT2D eigenvalue weighted by molar-refractivity contribution is 7.89. The maximum absolute atomic E-state index is 13.6. The van der Waals surface area contributed by atoms with Crippen molar-refractivity contribution < 1.29 is 22.7 Å². The molecule has 2 N–H and O–H groups in total. The zero-order valence-corrected chi connectivity index (χ0v) is 12.5. The molecule has 0 aliphatic carbocycles. The van der Waals surface area contributed by atoms with E-state index >= 15 is 0 Å². The maximum atomic E-state index is 13.6. The van der Waals surface area contributed by atoms with E-state index in [2.05, 4.69) is 10.6 Å². The van der Waals surface area contributed by atoms with Crippen LogP contribution in [0.2, 0.25) is 0 Å². The predicted octanol–water partition coefficient (Wildman–Crippen LogP) is 1.91. The third-order valence-electron chi connectivity index (χ3n) is 2.84. The monoisotopic (exact) mass is 313 g/mol. The zero-order valence-electron chi connectivity index (χ0n) is 11.7. The van der Waals surface area contributed by atoms with Gasteiger partial charge in [0, 0.05) is 0 Å². The van der Waals surface area contributed by atoms with Crippen LogP contribution in [0.25, 0.3) is 0 Å². The molecular formula is C14H16FNO4S. The van der Waals surface area contributed by atoms with Crippen LogP contribution in [0.5, 0.6) is 0 Å². The van der Waals surface area contributed by atoms with Gasteiger partial charge in [0.25, 0.3) is 0 Å². The summed E-state index contributed by atoms with van der Waals surface area (Å²) in [5.74, 6) is -0.176. The van der Waals surface area contributed by atoms with Crippen LogP contribution in [0.3, 0.4) is 0 Å². The van der Waals surface area contributed by atoms with Gasteiger partial charge in [0.2, 0.25) is 10.0 Å². The van der Waals surface area contributed by atoms with Gasteiger partial charge in [-0.05, 0) is 31.0 Å². The Morgan fingerprint density at radius 3 is 2.62 bits per heavy atom. The molecule has 1 aromatic carbocycles. The molecule has 0 aromatic heterocycles. The van der Waals surface area contributed by atoms with Crippen molar-refractivity contribution in [3.63, 3.8) is 0 Å². The normalized spacial score (nSPS) is 12.7. The van der Waals surface area contributed by atoms with Gasteiger partial charge in [-0.1, -0.05) is 19.3 Å². The number of carboxylic acids is 1. The highest BCUT2D eigenvalue weighted by atomic mass is 32.2. The third-order valence-corrected chi connectivity index (χ3v) is 4.30. The number of terminal acetylenes is 1. The number of hydrogen-bond donors (Lipinski definition) is 2. The maximum Gasteiger partial charge on any atom is 0.338 e. The van der Waals surface area contributed by atoms with E-state index in [1.165, 1.54) is 6.92 Å². The van der Waals surface area contributed by atoms with Crippen molar-refractivity contribution in [1.82, 2.24) is 4.72 Å². The molecule has 1 unspecified atom stereocenters. The molecule has 0 fully saturated rings. The van der Waals surface area contributed by atoms with Crippen LogP contribution in [-0.2, 0) is 10.0 Å². The van der Waals surface area contributed by atoms with Crippen molar-refractivity contribution in [3.05, 3.63) is 29.1 Å². The first-order valence-electron chi connectivity index (χ1n) is 6.24. The fourth-order valence-electron chi connectivity index (χ4n) is 1.77. The van der Waals surface area contributed by atoms with Crippen LogP contribution < -0.4 is 4.72 Å². The topological polar surface area (TPSA) is 83.5 Å². The van der Waals surface area contributed by atoms with Crippen LogP contribution in [0, 0.1) is 25.1 Å². The van der Waals surface area contributed by atoms with E-state index in [1.54, 1.807) is 0 Å². The summed E-state index contributed by atoms with van der Waals surface area (Å²) in [6.07, 6.45) is 6.37. The number of carbonyl (C=O) groups is 1. The second kappa shape index (κ2) is 6.70. The van der Waals surface area contributed by atoms with Gasteiger partial charge in [-0.2, -0.15) is 4.72 Å². The lowest BCUT2D eigenvalue weighted by atomic mass is 10.1. The quantitative estimate of drug-likeness (QED) is 0.786. The number of rotatable bonds is 6. The van der Waals surface area contributed by atoms with Crippen molar-refractivity contribution in [2.75, 3.05) is 0 Å². The highest BCUT2D eigenvalue weighted by Crippen LogP contribution is 2.20. The van der Waals surface area contributed by atoms with E-state index in [9.17, 15) is 17.6 Å². The van der Waals surface area contributed by atoms with Crippen LogP contribution in [-0.4, -0.2) is 25.5 Å². The van der Waals surface area contributed by atoms with Crippen LogP contribution in [0.15, 0.2) is 17.0 Å². The minimum absolute atomic E-state index is 0.0666. The van der Waals surface area contributed by atoms with Crippen molar-refractivity contribution >= 4 is 16.0 Å². The van der Waals surface area contributed by atoms with E-state index in [-0.39, 0.29) is 10.5 Å². The van der Waals surface area contributed by atoms with Gasteiger partial charge in [-0.3, -0.25) is 0 Å². The summed E-state index contributed by atoms with van der Waals surface area (Å²) in [5.41, 5.74) is -0.758. The predicted molar refractivity (Wildman–Crippen MR) is 75.9 cm³/mol. The first-order valence-corrected chi connectivity index (χ1v) is 7.73. The second-order valence-electron chi connectivity index (χ2n) is 4.54. The van der Waals surface area contributed by atoms with Gasteiger partial charge < -0.3 is 5.11 Å². The molecule has 0 aliphatic rings. The van der Waals surface area contributed by atoms with Gasteiger partial charge >= 0.3 is 5.97 Å². The molecule has 21 heavy (non-hydrogen) atoms. The van der Waals surface area contributed by atoms with Crippen molar-refractivity contribution in [3.8, 4) is 12.3 Å². The van der Waals surface area contributed by atoms with E-state index in [0.717, 1.165) is 12.1 Å². The molecule has 1 rings (SSSR count). The van der Waals surface area contributed by atoms with Crippen molar-refractivity contribution in [1.29, 1.82) is 0 Å². The van der Waals surface area contributed by atoms with Crippen LogP contribution in [0.4, 0.5) is 4.39 Å². The van der Waals surface area contributed by atoms with Gasteiger partial charge in [0.1, 0.15) is 5.82 Å². The number of sulfonamides is 1. The molecule has 1 atom stereocenters. The molecule has 0 radical (unpaired) electrons. The fraction of sp³-hybridized carbons (Fsp3) is 0.357. The lowest BCUT2D eigenvalue weighted by Gasteiger charge is -2.14. The molecule has 7 heteroatoms. The van der Waals surface area contributed by atoms with Crippen LogP contribution >= 0.6 is 0 Å². The van der Waals surface area contributed by atoms with Gasteiger partial charge in [0.05, 0.1) is 16.5 Å². The summed E-state index contributed by atoms with van der Waals surface area (Å²) in [5, 5.41) is 8.90. The fourth-order valence-corrected chi connectivity index (χ4v) is 3.07. The van der Waals surface area contributed by atoms with Gasteiger partial charge in [0.15, 0.2) is 0 Å². The van der Waals surface area contributed by atoms with E-state index in [1.807, 2.05) is 6.92 Å². The Hall–Kier alpha value is -1.91. The second-order valence-corrected chi connectivity index (χ2v) is 6.25. The minimum atomic E-state index is -4.01. The Morgan fingerprint density at radius 2 is 2.14 bits per heavy atom. The largest absolute Gasteiger partial charge is 0.478 e. The number of carboxylic acid groups (broad SMARTS) is 1. The smallest absolute Gasteiger partial charge is 0.338 e. The highest BCUT2D eigenvalue weighted by Gasteiger charge is 2.23. The van der Waals surface area contributed by atoms with Crippen molar-refractivity contribution in [2.45, 2.75) is 37.6 Å². The average molecular weight is 313 g/mol. The first-order chi connectivity index (χ1) is 9.72. The number of hydrogen-bond acceptors (Lipinski definition) is 3. The van der Waals surface area contributed by atoms with Gasteiger partial charge in [-0.25, -0.2) is 17.6 Å². The van der Waals surface area contributed by atoms with Crippen molar-refractivity contribution in [2.24, 2.45) is 0 Å². The molecule has 0 saturated heterocycles. The van der Waals surface area contributed by atoms with E-state index in [0.29, 0.717) is 12.8 Å².